The Morgan fingerprint density at radius 3 is 2.58 bits per heavy atom. The largest absolute Gasteiger partial charge is 0.573 e. The summed E-state index contributed by atoms with van der Waals surface area (Å²) < 4.78 is 42.2. The highest BCUT2D eigenvalue weighted by molar-refractivity contribution is 8.01. The number of hydrogen-bond acceptors (Lipinski definition) is 7. The fraction of sp³-hybridized carbons (Fsp3) is 0.400. The minimum atomic E-state index is -4.70. The van der Waals surface area contributed by atoms with Crippen molar-refractivity contribution in [2.45, 2.75) is 16.6 Å². The lowest BCUT2D eigenvalue weighted by atomic mass is 9.92. The van der Waals surface area contributed by atoms with Crippen molar-refractivity contribution in [2.24, 2.45) is 11.0 Å². The van der Waals surface area contributed by atoms with Crippen molar-refractivity contribution < 1.29 is 22.7 Å². The third kappa shape index (κ3) is 4.08. The van der Waals surface area contributed by atoms with Gasteiger partial charge in [-0.05, 0) is 35.7 Å². The Hall–Kier alpha value is -2.40. The minimum absolute atomic E-state index is 0.0344. The normalized spacial score (nSPS) is 23.0. The van der Waals surface area contributed by atoms with Crippen molar-refractivity contribution in [2.75, 3.05) is 36.8 Å². The molecule has 4 heterocycles. The van der Waals surface area contributed by atoms with Crippen LogP contribution >= 0.6 is 23.1 Å². The van der Waals surface area contributed by atoms with E-state index in [4.69, 9.17) is 0 Å². The molecule has 2 atom stereocenters. The van der Waals surface area contributed by atoms with Gasteiger partial charge in [0.1, 0.15) is 11.5 Å². The summed E-state index contributed by atoms with van der Waals surface area (Å²) in [7, 11) is 0. The van der Waals surface area contributed by atoms with E-state index in [-0.39, 0.29) is 23.6 Å². The number of hydrogen-bond donors (Lipinski definition) is 1. The number of amides is 1. The van der Waals surface area contributed by atoms with Crippen LogP contribution in [-0.2, 0) is 4.79 Å². The summed E-state index contributed by atoms with van der Waals surface area (Å²) in [5, 5.41) is 6.47. The number of nitrogens with one attached hydrogen (secondary N) is 1. The zero-order valence-electron chi connectivity index (χ0n) is 16.3. The highest BCUT2D eigenvalue weighted by Crippen LogP contribution is 2.45. The summed E-state index contributed by atoms with van der Waals surface area (Å²) in [4.78, 5) is 17.0. The van der Waals surface area contributed by atoms with Crippen molar-refractivity contribution in [1.29, 1.82) is 0 Å². The van der Waals surface area contributed by atoms with Gasteiger partial charge in [0.2, 0.25) is 0 Å². The molecule has 1 N–H and O–H groups in total. The van der Waals surface area contributed by atoms with Gasteiger partial charge in [0.25, 0.3) is 5.91 Å². The third-order valence-corrected chi connectivity index (χ3v) is 8.07. The molecule has 164 valence electrons. The van der Waals surface area contributed by atoms with E-state index in [1.54, 1.807) is 35.2 Å². The third-order valence-electron chi connectivity index (χ3n) is 5.69. The quantitative estimate of drug-likeness (QED) is 0.744. The highest BCUT2D eigenvalue weighted by Gasteiger charge is 2.42. The number of carbonyl (C=O) groups is 1. The van der Waals surface area contributed by atoms with Crippen molar-refractivity contribution in [1.82, 2.24) is 10.3 Å². The van der Waals surface area contributed by atoms with E-state index >= 15 is 0 Å². The number of nitrogens with zero attached hydrogens (tertiary/aromatic N) is 3. The molecule has 0 saturated carbocycles. The van der Waals surface area contributed by atoms with Crippen LogP contribution in [0.4, 0.5) is 18.9 Å². The summed E-state index contributed by atoms with van der Waals surface area (Å²) >= 11 is 3.50. The smallest absolute Gasteiger partial charge is 0.406 e. The summed E-state index contributed by atoms with van der Waals surface area (Å²) in [5.41, 5.74) is 5.78. The predicted octanol–water partition coefficient (Wildman–Crippen LogP) is 3.72. The highest BCUT2D eigenvalue weighted by atomic mass is 32.2. The van der Waals surface area contributed by atoms with Crippen LogP contribution in [-0.4, -0.2) is 54.8 Å². The Bertz CT molecular complexity index is 1000. The average molecular weight is 469 g/mol. The van der Waals surface area contributed by atoms with Crippen molar-refractivity contribution in [3.8, 4) is 5.75 Å². The first-order valence-electron chi connectivity index (χ1n) is 9.82. The zero-order valence-corrected chi connectivity index (χ0v) is 17.9. The molecule has 5 rings (SSSR count). The van der Waals surface area contributed by atoms with Crippen LogP contribution in [0.1, 0.15) is 11.6 Å². The number of thioether (sulfide) groups is 1. The lowest BCUT2D eigenvalue weighted by Crippen LogP contribution is -2.51. The molecule has 0 spiro atoms. The monoisotopic (exact) mass is 468 g/mol. The standard InChI is InChI=1S/C20H19F3N4O2S2/c21-20(22,23)29-13-3-1-12(2-4-13)26-6-8-27(9-7-26)18(28)17-15-11-31-19-14(5-10-30-19)16(15)24-25-17/h1-5,10,15-16,24H,6-9,11H2. The molecule has 31 heavy (non-hydrogen) atoms. The molecule has 6 nitrogen and oxygen atoms in total. The Labute approximate surface area is 185 Å². The molecule has 1 fully saturated rings. The average Bonchev–Trinajstić information content (AvgIpc) is 3.39. The van der Waals surface area contributed by atoms with Gasteiger partial charge >= 0.3 is 6.36 Å². The van der Waals surface area contributed by atoms with Crippen LogP contribution in [0.25, 0.3) is 0 Å². The second kappa shape index (κ2) is 7.94. The van der Waals surface area contributed by atoms with E-state index in [1.807, 2.05) is 9.80 Å². The molecule has 0 radical (unpaired) electrons. The van der Waals surface area contributed by atoms with Gasteiger partial charge in [-0.1, -0.05) is 0 Å². The van der Waals surface area contributed by atoms with E-state index in [1.165, 1.54) is 21.9 Å². The van der Waals surface area contributed by atoms with Crippen molar-refractivity contribution in [3.63, 3.8) is 0 Å². The fourth-order valence-electron chi connectivity index (χ4n) is 4.14. The van der Waals surface area contributed by atoms with Gasteiger partial charge < -0.3 is 20.0 Å². The molecule has 1 saturated heterocycles. The second-order valence-corrected chi connectivity index (χ2v) is 9.71. The van der Waals surface area contributed by atoms with Crippen LogP contribution < -0.4 is 15.1 Å². The maximum Gasteiger partial charge on any atom is 0.573 e. The molecule has 3 aliphatic rings. The summed E-state index contributed by atoms with van der Waals surface area (Å²) in [6, 6.07) is 7.99. The van der Waals surface area contributed by atoms with Gasteiger partial charge in [-0.3, -0.25) is 4.79 Å². The summed E-state index contributed by atoms with van der Waals surface area (Å²) in [5.74, 6) is 0.624. The summed E-state index contributed by atoms with van der Waals surface area (Å²) in [6.45, 7) is 2.27. The van der Waals surface area contributed by atoms with Crippen LogP contribution in [0.5, 0.6) is 5.75 Å². The van der Waals surface area contributed by atoms with Gasteiger partial charge in [0.15, 0.2) is 0 Å². The van der Waals surface area contributed by atoms with Crippen LogP contribution in [0.15, 0.2) is 45.0 Å². The molecule has 0 bridgehead atoms. The summed E-state index contributed by atoms with van der Waals surface area (Å²) in [6.07, 6.45) is -4.70. The topological polar surface area (TPSA) is 57.2 Å². The molecular weight excluding hydrogens is 449 g/mol. The number of carbonyl (C=O) groups excluding carboxylic acids is 1. The predicted molar refractivity (Wildman–Crippen MR) is 114 cm³/mol. The number of ether oxygens (including phenoxy) is 1. The van der Waals surface area contributed by atoms with E-state index in [0.717, 1.165) is 11.4 Å². The lowest BCUT2D eigenvalue weighted by Gasteiger charge is -2.36. The molecule has 1 aromatic heterocycles. The molecule has 2 aromatic rings. The molecule has 3 aliphatic heterocycles. The maximum absolute atomic E-state index is 13.1. The number of fused-ring (bicyclic) bond motifs is 3. The van der Waals surface area contributed by atoms with Crippen LogP contribution in [0.2, 0.25) is 0 Å². The van der Waals surface area contributed by atoms with Crippen LogP contribution in [0, 0.1) is 5.92 Å². The Morgan fingerprint density at radius 1 is 1.13 bits per heavy atom. The minimum Gasteiger partial charge on any atom is -0.406 e. The first-order valence-corrected chi connectivity index (χ1v) is 11.7. The number of rotatable bonds is 3. The molecule has 1 aromatic carbocycles. The van der Waals surface area contributed by atoms with Crippen molar-refractivity contribution in [3.05, 3.63) is 41.3 Å². The van der Waals surface area contributed by atoms with Gasteiger partial charge in [-0.2, -0.15) is 5.10 Å². The lowest BCUT2D eigenvalue weighted by molar-refractivity contribution is -0.274. The number of halogens is 3. The Balaban J connectivity index is 1.19. The second-order valence-electron chi connectivity index (χ2n) is 7.51. The number of hydrazone groups is 1. The number of alkyl halides is 3. The van der Waals surface area contributed by atoms with Gasteiger partial charge in [0.05, 0.1) is 10.3 Å². The maximum atomic E-state index is 13.1. The first kappa shape index (κ1) is 20.5. The molecule has 11 heteroatoms. The van der Waals surface area contributed by atoms with E-state index in [9.17, 15) is 18.0 Å². The Morgan fingerprint density at radius 2 is 1.87 bits per heavy atom. The van der Waals surface area contributed by atoms with E-state index < -0.39 is 6.36 Å². The number of thiophene rings is 1. The molecular formula is C20H19F3N4O2S2. The van der Waals surface area contributed by atoms with Gasteiger partial charge in [-0.15, -0.1) is 36.3 Å². The SMILES string of the molecule is O=C(C1=NNC2c3ccsc3SCC12)N1CCN(c2ccc(OC(F)(F)F)cc2)CC1. The molecule has 2 unspecified atom stereocenters. The molecule has 0 aliphatic carbocycles. The Kier molecular flexibility index (Phi) is 5.25. The number of anilines is 1. The van der Waals surface area contributed by atoms with E-state index in [0.29, 0.717) is 31.9 Å². The van der Waals surface area contributed by atoms with Crippen LogP contribution in [0.3, 0.4) is 0 Å². The number of benzene rings is 1. The first-order chi connectivity index (χ1) is 14.9. The van der Waals surface area contributed by atoms with E-state index in [2.05, 4.69) is 26.7 Å². The number of piperazine rings is 1. The zero-order chi connectivity index (χ0) is 21.6. The van der Waals surface area contributed by atoms with Crippen molar-refractivity contribution >= 4 is 40.4 Å². The van der Waals surface area contributed by atoms with Gasteiger partial charge in [-0.25, -0.2) is 0 Å². The fourth-order valence-corrected chi connectivity index (χ4v) is 6.50. The molecule has 1 amide bonds. The van der Waals surface area contributed by atoms with Gasteiger partial charge in [0, 0.05) is 49.1 Å².